The number of benzene rings is 1. The van der Waals surface area contributed by atoms with Gasteiger partial charge >= 0.3 is 6.09 Å². The third-order valence-electron chi connectivity index (χ3n) is 2.23. The average molecular weight is 246 g/mol. The first-order chi connectivity index (χ1) is 8.44. The third-order valence-corrected chi connectivity index (χ3v) is 2.23. The van der Waals surface area contributed by atoms with Gasteiger partial charge in [-0.1, -0.05) is 18.2 Å². The SMILES string of the molecule is CC(C)(C)OC(=O)NC1=Nc2ccccc2C[N]1. The molecule has 1 heterocycles. The van der Waals surface area contributed by atoms with Gasteiger partial charge < -0.3 is 4.74 Å². The molecule has 5 heteroatoms. The lowest BCUT2D eigenvalue weighted by atomic mass is 10.1. The lowest BCUT2D eigenvalue weighted by molar-refractivity contribution is 0.0561. The summed E-state index contributed by atoms with van der Waals surface area (Å²) in [7, 11) is 0. The summed E-state index contributed by atoms with van der Waals surface area (Å²) >= 11 is 0. The number of para-hydroxylation sites is 1. The van der Waals surface area contributed by atoms with Crippen LogP contribution in [-0.2, 0) is 11.3 Å². The van der Waals surface area contributed by atoms with Gasteiger partial charge in [0, 0.05) is 0 Å². The van der Waals surface area contributed by atoms with Crippen molar-refractivity contribution < 1.29 is 9.53 Å². The highest BCUT2D eigenvalue weighted by Gasteiger charge is 2.19. The molecule has 1 amide bonds. The monoisotopic (exact) mass is 246 g/mol. The van der Waals surface area contributed by atoms with Crippen molar-refractivity contribution >= 4 is 17.7 Å². The van der Waals surface area contributed by atoms with E-state index in [1.807, 2.05) is 45.0 Å². The highest BCUT2D eigenvalue weighted by atomic mass is 16.6. The van der Waals surface area contributed by atoms with E-state index in [0.717, 1.165) is 11.3 Å². The Hall–Kier alpha value is -2.04. The van der Waals surface area contributed by atoms with Crippen molar-refractivity contribution in [2.75, 3.05) is 0 Å². The molecular formula is C13H16N3O2. The smallest absolute Gasteiger partial charge is 0.414 e. The van der Waals surface area contributed by atoms with Crippen LogP contribution in [-0.4, -0.2) is 17.7 Å². The van der Waals surface area contributed by atoms with Crippen LogP contribution in [0.15, 0.2) is 29.3 Å². The Balaban J connectivity index is 2.04. The number of carbonyl (C=O) groups excluding carboxylic acids is 1. The van der Waals surface area contributed by atoms with E-state index in [1.165, 1.54) is 0 Å². The summed E-state index contributed by atoms with van der Waals surface area (Å²) in [6.45, 7) is 5.94. The van der Waals surface area contributed by atoms with Crippen LogP contribution in [0.3, 0.4) is 0 Å². The second-order valence-electron chi connectivity index (χ2n) is 5.01. The van der Waals surface area contributed by atoms with Crippen molar-refractivity contribution in [1.29, 1.82) is 0 Å². The molecule has 0 saturated carbocycles. The fourth-order valence-corrected chi connectivity index (χ4v) is 1.53. The molecule has 0 spiro atoms. The average Bonchev–Trinajstić information content (AvgIpc) is 2.26. The Kier molecular flexibility index (Phi) is 3.23. The summed E-state index contributed by atoms with van der Waals surface area (Å²) in [5.74, 6) is 0.294. The molecule has 1 N–H and O–H groups in total. The summed E-state index contributed by atoms with van der Waals surface area (Å²) < 4.78 is 5.14. The van der Waals surface area contributed by atoms with E-state index in [2.05, 4.69) is 15.6 Å². The van der Waals surface area contributed by atoms with E-state index in [4.69, 9.17) is 4.74 Å². The van der Waals surface area contributed by atoms with Crippen LogP contribution in [0.2, 0.25) is 0 Å². The van der Waals surface area contributed by atoms with E-state index in [9.17, 15) is 4.79 Å². The van der Waals surface area contributed by atoms with Crippen molar-refractivity contribution in [2.45, 2.75) is 32.9 Å². The maximum atomic E-state index is 11.6. The zero-order valence-corrected chi connectivity index (χ0v) is 10.7. The van der Waals surface area contributed by atoms with E-state index in [0.29, 0.717) is 12.5 Å². The number of guanidine groups is 1. The molecule has 0 aliphatic carbocycles. The molecule has 0 fully saturated rings. The van der Waals surface area contributed by atoms with Crippen molar-refractivity contribution in [2.24, 2.45) is 4.99 Å². The Morgan fingerprint density at radius 1 is 1.33 bits per heavy atom. The number of amides is 1. The molecule has 1 radical (unpaired) electrons. The number of nitrogens with one attached hydrogen (secondary N) is 1. The van der Waals surface area contributed by atoms with Crippen LogP contribution in [0.4, 0.5) is 10.5 Å². The van der Waals surface area contributed by atoms with Crippen LogP contribution in [0, 0.1) is 0 Å². The molecule has 1 aromatic rings. The summed E-state index contributed by atoms with van der Waals surface area (Å²) in [5.41, 5.74) is 1.35. The van der Waals surface area contributed by atoms with Gasteiger partial charge in [0.15, 0.2) is 0 Å². The van der Waals surface area contributed by atoms with Crippen molar-refractivity contribution in [3.05, 3.63) is 29.8 Å². The van der Waals surface area contributed by atoms with Gasteiger partial charge in [-0.05, 0) is 32.4 Å². The van der Waals surface area contributed by atoms with E-state index >= 15 is 0 Å². The van der Waals surface area contributed by atoms with E-state index < -0.39 is 11.7 Å². The molecule has 18 heavy (non-hydrogen) atoms. The van der Waals surface area contributed by atoms with Gasteiger partial charge in [-0.15, -0.1) is 0 Å². The zero-order chi connectivity index (χ0) is 13.2. The third kappa shape index (κ3) is 3.23. The molecule has 0 atom stereocenters. The predicted octanol–water partition coefficient (Wildman–Crippen LogP) is 2.32. The minimum Gasteiger partial charge on any atom is -0.444 e. The zero-order valence-electron chi connectivity index (χ0n) is 10.7. The number of nitrogens with zero attached hydrogens (tertiary/aromatic N) is 2. The predicted molar refractivity (Wildman–Crippen MR) is 68.7 cm³/mol. The number of hydrogen-bond donors (Lipinski definition) is 1. The van der Waals surface area contributed by atoms with E-state index in [1.54, 1.807) is 0 Å². The Labute approximate surface area is 106 Å². The number of carbonyl (C=O) groups is 1. The Morgan fingerprint density at radius 3 is 2.78 bits per heavy atom. The summed E-state index contributed by atoms with van der Waals surface area (Å²) in [5, 5.41) is 6.72. The van der Waals surface area contributed by atoms with Crippen LogP contribution in [0.1, 0.15) is 26.3 Å². The quantitative estimate of drug-likeness (QED) is 0.763. The minimum atomic E-state index is -0.538. The van der Waals surface area contributed by atoms with Crippen LogP contribution in [0.25, 0.3) is 0 Å². The molecule has 1 aromatic carbocycles. The molecule has 0 unspecified atom stereocenters. The van der Waals surface area contributed by atoms with Crippen LogP contribution < -0.4 is 10.6 Å². The minimum absolute atomic E-state index is 0.294. The van der Waals surface area contributed by atoms with Gasteiger partial charge in [0.2, 0.25) is 5.96 Å². The number of aliphatic imine (C=N–C) groups is 1. The fraction of sp³-hybridized carbons (Fsp3) is 0.385. The Morgan fingerprint density at radius 2 is 2.06 bits per heavy atom. The first kappa shape index (κ1) is 12.4. The van der Waals surface area contributed by atoms with Gasteiger partial charge in [-0.3, -0.25) is 5.32 Å². The van der Waals surface area contributed by atoms with Crippen LogP contribution >= 0.6 is 0 Å². The maximum Gasteiger partial charge on any atom is 0.414 e. The number of ether oxygens (including phenoxy) is 1. The van der Waals surface area contributed by atoms with Gasteiger partial charge in [0.1, 0.15) is 5.60 Å². The summed E-state index contributed by atoms with van der Waals surface area (Å²) in [4.78, 5) is 15.8. The van der Waals surface area contributed by atoms with E-state index in [-0.39, 0.29) is 0 Å². The van der Waals surface area contributed by atoms with Crippen molar-refractivity contribution in [3.8, 4) is 0 Å². The molecule has 0 bridgehead atoms. The molecular weight excluding hydrogens is 230 g/mol. The summed E-state index contributed by atoms with van der Waals surface area (Å²) in [6, 6.07) is 7.70. The molecule has 1 aliphatic heterocycles. The lowest BCUT2D eigenvalue weighted by Gasteiger charge is -2.21. The fourth-order valence-electron chi connectivity index (χ4n) is 1.53. The van der Waals surface area contributed by atoms with Gasteiger partial charge in [-0.2, -0.15) is 0 Å². The molecule has 2 rings (SSSR count). The Bertz CT molecular complexity index is 489. The highest BCUT2D eigenvalue weighted by molar-refractivity contribution is 5.96. The molecule has 1 aliphatic rings. The largest absolute Gasteiger partial charge is 0.444 e. The molecule has 5 nitrogen and oxygen atoms in total. The van der Waals surface area contributed by atoms with Gasteiger partial charge in [0.25, 0.3) is 0 Å². The second-order valence-corrected chi connectivity index (χ2v) is 5.01. The summed E-state index contributed by atoms with van der Waals surface area (Å²) in [6.07, 6.45) is -0.538. The van der Waals surface area contributed by atoms with Crippen LogP contribution in [0.5, 0.6) is 0 Å². The number of hydrogen-bond acceptors (Lipinski definition) is 3. The molecule has 0 aromatic heterocycles. The number of alkyl carbamates (subject to hydrolysis) is 1. The first-order valence-corrected chi connectivity index (χ1v) is 5.78. The highest BCUT2D eigenvalue weighted by Crippen LogP contribution is 2.21. The van der Waals surface area contributed by atoms with Gasteiger partial charge in [-0.25, -0.2) is 15.1 Å². The molecule has 95 valence electrons. The van der Waals surface area contributed by atoms with Crippen molar-refractivity contribution in [3.63, 3.8) is 0 Å². The lowest BCUT2D eigenvalue weighted by Crippen LogP contribution is -2.41. The van der Waals surface area contributed by atoms with Crippen molar-refractivity contribution in [1.82, 2.24) is 10.6 Å². The van der Waals surface area contributed by atoms with Gasteiger partial charge in [0.05, 0.1) is 12.2 Å². The first-order valence-electron chi connectivity index (χ1n) is 5.78. The standard InChI is InChI=1S/C13H16N3O2/c1-13(2,3)18-12(17)16-11-14-8-9-6-4-5-7-10(9)15-11/h4-7H,8H2,1-3H3,(H,15,16,17). The topological polar surface area (TPSA) is 64.8 Å². The number of fused-ring (bicyclic) bond motifs is 1. The number of rotatable bonds is 0. The normalized spacial score (nSPS) is 14.1. The molecule has 0 saturated heterocycles. The second kappa shape index (κ2) is 4.68. The maximum absolute atomic E-state index is 11.6.